The van der Waals surface area contributed by atoms with E-state index in [4.69, 9.17) is 5.11 Å². The molecule has 0 aromatic rings. The first-order chi connectivity index (χ1) is 6.63. The average molecular weight is 213 g/mol. The number of carboxylic acids is 1. The average Bonchev–Trinajstić information content (AvgIpc) is 1.96. The molecule has 1 aliphatic rings. The molecule has 1 heterocycles. The van der Waals surface area contributed by atoms with Crippen molar-refractivity contribution in [3.8, 4) is 0 Å². The summed E-state index contributed by atoms with van der Waals surface area (Å²) in [7, 11) is 0. The zero-order chi connectivity index (χ0) is 11.9. The van der Waals surface area contributed by atoms with Crippen molar-refractivity contribution in [1.29, 1.82) is 0 Å². The van der Waals surface area contributed by atoms with Gasteiger partial charge in [-0.2, -0.15) is 0 Å². The summed E-state index contributed by atoms with van der Waals surface area (Å²) >= 11 is 0. The molecule has 0 bridgehead atoms. The summed E-state index contributed by atoms with van der Waals surface area (Å²) in [5.41, 5.74) is 0.0756. The van der Waals surface area contributed by atoms with E-state index in [9.17, 15) is 4.79 Å². The van der Waals surface area contributed by atoms with E-state index in [1.807, 2.05) is 6.92 Å². The Hall–Kier alpha value is -0.570. The van der Waals surface area contributed by atoms with Crippen LogP contribution in [0.15, 0.2) is 0 Å². The van der Waals surface area contributed by atoms with Crippen molar-refractivity contribution in [2.45, 2.75) is 58.5 Å². The van der Waals surface area contributed by atoms with Crippen LogP contribution in [0, 0.1) is 11.8 Å². The SMILES string of the molecule is CC(C(=O)O)C1CC(C)(C)NC(C)(C)C1. The van der Waals surface area contributed by atoms with Crippen LogP contribution in [0.3, 0.4) is 0 Å². The standard InChI is InChI=1S/C12H23NO2/c1-8(10(14)15)9-6-11(2,3)13-12(4,5)7-9/h8-9,13H,6-7H2,1-5H3,(H,14,15). The molecule has 3 nitrogen and oxygen atoms in total. The lowest BCUT2D eigenvalue weighted by Gasteiger charge is -2.47. The summed E-state index contributed by atoms with van der Waals surface area (Å²) in [5, 5.41) is 12.6. The lowest BCUT2D eigenvalue weighted by molar-refractivity contribution is -0.144. The van der Waals surface area contributed by atoms with E-state index in [0.29, 0.717) is 0 Å². The van der Waals surface area contributed by atoms with Crippen LogP contribution >= 0.6 is 0 Å². The number of rotatable bonds is 2. The molecule has 1 atom stereocenters. The highest BCUT2D eigenvalue weighted by molar-refractivity contribution is 5.69. The number of hydrogen-bond donors (Lipinski definition) is 2. The first-order valence-electron chi connectivity index (χ1n) is 5.65. The second-order valence-corrected chi connectivity index (χ2v) is 6.19. The quantitative estimate of drug-likeness (QED) is 0.739. The second-order valence-electron chi connectivity index (χ2n) is 6.19. The fraction of sp³-hybridized carbons (Fsp3) is 0.917. The van der Waals surface area contributed by atoms with Crippen molar-refractivity contribution in [2.75, 3.05) is 0 Å². The van der Waals surface area contributed by atoms with Gasteiger partial charge in [0, 0.05) is 11.1 Å². The maximum Gasteiger partial charge on any atom is 0.306 e. The Morgan fingerprint density at radius 2 is 1.67 bits per heavy atom. The smallest absolute Gasteiger partial charge is 0.306 e. The van der Waals surface area contributed by atoms with E-state index in [1.54, 1.807) is 0 Å². The van der Waals surface area contributed by atoms with Crippen LogP contribution in [0.25, 0.3) is 0 Å². The molecule has 2 N–H and O–H groups in total. The predicted molar refractivity (Wildman–Crippen MR) is 60.8 cm³/mol. The molecular weight excluding hydrogens is 190 g/mol. The first kappa shape index (κ1) is 12.5. The van der Waals surface area contributed by atoms with E-state index >= 15 is 0 Å². The summed E-state index contributed by atoms with van der Waals surface area (Å²) in [6.45, 7) is 10.4. The molecule has 0 aromatic heterocycles. The minimum atomic E-state index is -0.673. The highest BCUT2D eigenvalue weighted by atomic mass is 16.4. The largest absolute Gasteiger partial charge is 0.481 e. The Kier molecular flexibility index (Phi) is 3.15. The molecular formula is C12H23NO2. The molecule has 0 amide bonds. The van der Waals surface area contributed by atoms with Gasteiger partial charge in [-0.1, -0.05) is 6.92 Å². The number of carbonyl (C=O) groups is 1. The minimum absolute atomic E-state index is 0.0378. The van der Waals surface area contributed by atoms with Gasteiger partial charge in [0.25, 0.3) is 0 Å². The third-order valence-electron chi connectivity index (χ3n) is 3.32. The minimum Gasteiger partial charge on any atom is -0.481 e. The second kappa shape index (κ2) is 3.78. The Balaban J connectivity index is 2.79. The lowest BCUT2D eigenvalue weighted by atomic mass is 9.71. The van der Waals surface area contributed by atoms with E-state index in [2.05, 4.69) is 33.0 Å². The number of hydrogen-bond acceptors (Lipinski definition) is 2. The van der Waals surface area contributed by atoms with Crippen LogP contribution in [0.2, 0.25) is 0 Å². The van der Waals surface area contributed by atoms with Gasteiger partial charge in [-0.15, -0.1) is 0 Å². The molecule has 0 aromatic carbocycles. The molecule has 1 aliphatic heterocycles. The molecule has 0 spiro atoms. The maximum atomic E-state index is 11.0. The zero-order valence-corrected chi connectivity index (χ0v) is 10.4. The van der Waals surface area contributed by atoms with Gasteiger partial charge in [-0.25, -0.2) is 0 Å². The maximum absolute atomic E-state index is 11.0. The summed E-state index contributed by atoms with van der Waals surface area (Å²) in [6.07, 6.45) is 1.87. The van der Waals surface area contributed by atoms with Gasteiger partial charge in [-0.3, -0.25) is 4.79 Å². The topological polar surface area (TPSA) is 49.3 Å². The Bertz CT molecular complexity index is 242. The van der Waals surface area contributed by atoms with Crippen LogP contribution < -0.4 is 5.32 Å². The van der Waals surface area contributed by atoms with Gasteiger partial charge in [-0.05, 0) is 46.5 Å². The molecule has 1 fully saturated rings. The van der Waals surface area contributed by atoms with Crippen molar-refractivity contribution >= 4 is 5.97 Å². The molecule has 88 valence electrons. The summed E-state index contributed by atoms with van der Waals surface area (Å²) < 4.78 is 0. The van der Waals surface area contributed by atoms with Gasteiger partial charge in [0.2, 0.25) is 0 Å². The van der Waals surface area contributed by atoms with E-state index in [-0.39, 0.29) is 22.9 Å². The summed E-state index contributed by atoms with van der Waals surface area (Å²) in [5.74, 6) is -0.645. The molecule has 0 aliphatic carbocycles. The van der Waals surface area contributed by atoms with Crippen LogP contribution in [0.5, 0.6) is 0 Å². The van der Waals surface area contributed by atoms with Crippen molar-refractivity contribution in [3.63, 3.8) is 0 Å². The molecule has 1 rings (SSSR count). The van der Waals surface area contributed by atoms with Gasteiger partial charge >= 0.3 is 5.97 Å². The molecule has 15 heavy (non-hydrogen) atoms. The molecule has 3 heteroatoms. The van der Waals surface area contributed by atoms with Gasteiger partial charge in [0.05, 0.1) is 5.92 Å². The predicted octanol–water partition coefficient (Wildman–Crippen LogP) is 2.26. The fourth-order valence-corrected chi connectivity index (χ4v) is 2.96. The van der Waals surface area contributed by atoms with Crippen LogP contribution in [-0.2, 0) is 4.79 Å². The van der Waals surface area contributed by atoms with Gasteiger partial charge in [0.1, 0.15) is 0 Å². The highest BCUT2D eigenvalue weighted by Crippen LogP contribution is 2.36. The Morgan fingerprint density at radius 3 is 2.00 bits per heavy atom. The van der Waals surface area contributed by atoms with Gasteiger partial charge < -0.3 is 10.4 Å². The zero-order valence-electron chi connectivity index (χ0n) is 10.4. The van der Waals surface area contributed by atoms with Gasteiger partial charge in [0.15, 0.2) is 0 Å². The number of aliphatic carboxylic acids is 1. The highest BCUT2D eigenvalue weighted by Gasteiger charge is 2.41. The van der Waals surface area contributed by atoms with Crippen molar-refractivity contribution in [2.24, 2.45) is 11.8 Å². The Labute approximate surface area is 92.3 Å². The number of nitrogens with one attached hydrogen (secondary N) is 1. The van der Waals surface area contributed by atoms with E-state index < -0.39 is 5.97 Å². The Morgan fingerprint density at radius 1 is 1.27 bits per heavy atom. The van der Waals surface area contributed by atoms with Crippen molar-refractivity contribution < 1.29 is 9.90 Å². The van der Waals surface area contributed by atoms with Crippen LogP contribution in [0.1, 0.15) is 47.5 Å². The molecule has 0 saturated carbocycles. The van der Waals surface area contributed by atoms with Crippen molar-refractivity contribution in [3.05, 3.63) is 0 Å². The van der Waals surface area contributed by atoms with E-state index in [0.717, 1.165) is 12.8 Å². The number of piperidine rings is 1. The van der Waals surface area contributed by atoms with Crippen LogP contribution in [0.4, 0.5) is 0 Å². The third-order valence-corrected chi connectivity index (χ3v) is 3.32. The number of carboxylic acid groups (broad SMARTS) is 1. The fourth-order valence-electron chi connectivity index (χ4n) is 2.96. The van der Waals surface area contributed by atoms with E-state index in [1.165, 1.54) is 0 Å². The molecule has 1 saturated heterocycles. The summed E-state index contributed by atoms with van der Waals surface area (Å²) in [6, 6.07) is 0. The first-order valence-corrected chi connectivity index (χ1v) is 5.65. The summed E-state index contributed by atoms with van der Waals surface area (Å²) in [4.78, 5) is 11.0. The monoisotopic (exact) mass is 213 g/mol. The normalized spacial score (nSPS) is 27.3. The third kappa shape index (κ3) is 3.20. The lowest BCUT2D eigenvalue weighted by Crippen LogP contribution is -2.58. The van der Waals surface area contributed by atoms with Crippen LogP contribution in [-0.4, -0.2) is 22.2 Å². The molecule has 1 unspecified atom stereocenters. The molecule has 0 radical (unpaired) electrons. The van der Waals surface area contributed by atoms with Crippen molar-refractivity contribution in [1.82, 2.24) is 5.32 Å².